The van der Waals surface area contributed by atoms with Gasteiger partial charge in [-0.2, -0.15) is 0 Å². The van der Waals surface area contributed by atoms with Gasteiger partial charge in [0.25, 0.3) is 0 Å². The zero-order valence-electron chi connectivity index (χ0n) is 35.8. The summed E-state index contributed by atoms with van der Waals surface area (Å²) in [5.74, 6) is 0. The number of benzene rings is 11. The van der Waals surface area contributed by atoms with E-state index in [1.54, 1.807) is 0 Å². The smallest absolute Gasteiger partial charge is 0.135 e. The van der Waals surface area contributed by atoms with Crippen LogP contribution in [0.1, 0.15) is 0 Å². The Bertz CT molecular complexity index is 3930. The van der Waals surface area contributed by atoms with E-state index in [1.807, 2.05) is 12.1 Å². The van der Waals surface area contributed by atoms with E-state index >= 15 is 0 Å². The summed E-state index contributed by atoms with van der Waals surface area (Å²) >= 11 is 0. The minimum absolute atomic E-state index is 0.863. The van der Waals surface area contributed by atoms with Crippen LogP contribution in [0.2, 0.25) is 0 Å². The van der Waals surface area contributed by atoms with E-state index in [4.69, 9.17) is 8.83 Å². The van der Waals surface area contributed by atoms with E-state index in [0.717, 1.165) is 89.1 Å². The molecule has 0 aliphatic carbocycles. The number of furan rings is 2. The zero-order valence-corrected chi connectivity index (χ0v) is 35.8. The number of para-hydroxylation sites is 3. The maximum atomic E-state index is 6.49. The Kier molecular flexibility index (Phi) is 8.81. The maximum Gasteiger partial charge on any atom is 0.135 e. The summed E-state index contributed by atoms with van der Waals surface area (Å²) < 4.78 is 12.7. The van der Waals surface area contributed by atoms with Crippen molar-refractivity contribution in [2.45, 2.75) is 0 Å². The third kappa shape index (κ3) is 6.38. The lowest BCUT2D eigenvalue weighted by molar-refractivity contribution is 0.668. The summed E-state index contributed by atoms with van der Waals surface area (Å²) in [6.45, 7) is 0. The largest absolute Gasteiger partial charge is 0.456 e. The standard InChI is InChI=1S/C62H40N2O2/c1-3-14-45(15-4-1)63(49-32-35-61-57(39-49)54-21-11-12-22-59(54)65-61)47-28-23-41(24-29-47)42-25-30-48(31-26-42)64(46-16-5-2-6-17-46)50-33-36-62-58(40-50)56-38-44(27-34-60(56)66-62)55-37-43-13-7-8-18-51(43)52-19-9-10-20-53(52)55/h1-40H. The average Bonchev–Trinajstić information content (AvgIpc) is 3.95. The van der Waals surface area contributed by atoms with Crippen molar-refractivity contribution in [1.82, 2.24) is 0 Å². The van der Waals surface area contributed by atoms with Crippen LogP contribution in [0.5, 0.6) is 0 Å². The quantitative estimate of drug-likeness (QED) is 0.143. The predicted octanol–water partition coefficient (Wildman–Crippen LogP) is 18.1. The Hall–Kier alpha value is -8.86. The number of rotatable bonds is 8. The van der Waals surface area contributed by atoms with Crippen LogP contribution in [-0.4, -0.2) is 0 Å². The van der Waals surface area contributed by atoms with Gasteiger partial charge in [-0.15, -0.1) is 0 Å². The second-order valence-corrected chi connectivity index (χ2v) is 16.9. The van der Waals surface area contributed by atoms with Gasteiger partial charge in [-0.3, -0.25) is 0 Å². The van der Waals surface area contributed by atoms with Crippen molar-refractivity contribution >= 4 is 99.5 Å². The molecule has 0 unspecified atom stereocenters. The van der Waals surface area contributed by atoms with Crippen LogP contribution in [0.3, 0.4) is 0 Å². The van der Waals surface area contributed by atoms with Gasteiger partial charge in [-0.05, 0) is 153 Å². The van der Waals surface area contributed by atoms with E-state index in [-0.39, 0.29) is 0 Å². The maximum absolute atomic E-state index is 6.49. The summed E-state index contributed by atoms with van der Waals surface area (Å²) in [6, 6.07) is 86.4. The molecule has 66 heavy (non-hydrogen) atoms. The lowest BCUT2D eigenvalue weighted by atomic mass is 9.92. The molecule has 0 fully saturated rings. The van der Waals surface area contributed by atoms with Crippen LogP contribution in [0.25, 0.3) is 87.7 Å². The summed E-state index contributed by atoms with van der Waals surface area (Å²) in [5.41, 5.74) is 14.6. The first-order valence-corrected chi connectivity index (χ1v) is 22.4. The summed E-state index contributed by atoms with van der Waals surface area (Å²) in [7, 11) is 0. The molecule has 0 amide bonds. The molecule has 13 rings (SSSR count). The molecule has 0 N–H and O–H groups in total. The normalized spacial score (nSPS) is 11.6. The van der Waals surface area contributed by atoms with Crippen molar-refractivity contribution in [3.63, 3.8) is 0 Å². The van der Waals surface area contributed by atoms with Gasteiger partial charge in [0, 0.05) is 55.7 Å². The molecule has 4 nitrogen and oxygen atoms in total. The molecular formula is C62H40N2O2. The Morgan fingerprint density at radius 3 is 1.21 bits per heavy atom. The fourth-order valence-electron chi connectivity index (χ4n) is 9.87. The van der Waals surface area contributed by atoms with Gasteiger partial charge in [0.05, 0.1) is 0 Å². The molecule has 0 saturated carbocycles. The molecule has 0 radical (unpaired) electrons. The average molecular weight is 845 g/mol. The van der Waals surface area contributed by atoms with Crippen molar-refractivity contribution in [3.05, 3.63) is 243 Å². The zero-order chi connectivity index (χ0) is 43.6. The van der Waals surface area contributed by atoms with Crippen LogP contribution < -0.4 is 9.80 Å². The van der Waals surface area contributed by atoms with Gasteiger partial charge < -0.3 is 18.6 Å². The Morgan fingerprint density at radius 2 is 0.621 bits per heavy atom. The molecule has 13 aromatic rings. The van der Waals surface area contributed by atoms with Crippen molar-refractivity contribution in [2.24, 2.45) is 0 Å². The molecule has 0 saturated heterocycles. The topological polar surface area (TPSA) is 32.8 Å². The first-order chi connectivity index (χ1) is 32.7. The summed E-state index contributed by atoms with van der Waals surface area (Å²) in [4.78, 5) is 4.63. The second kappa shape index (κ2) is 15.4. The van der Waals surface area contributed by atoms with Crippen LogP contribution >= 0.6 is 0 Å². The monoisotopic (exact) mass is 844 g/mol. The number of hydrogen-bond acceptors (Lipinski definition) is 4. The Balaban J connectivity index is 0.853. The lowest BCUT2D eigenvalue weighted by Crippen LogP contribution is -2.10. The molecular weight excluding hydrogens is 805 g/mol. The highest BCUT2D eigenvalue weighted by Gasteiger charge is 2.19. The molecule has 0 aliphatic rings. The molecule has 2 heterocycles. The van der Waals surface area contributed by atoms with Gasteiger partial charge in [0.2, 0.25) is 0 Å². The van der Waals surface area contributed by atoms with Crippen LogP contribution in [0, 0.1) is 0 Å². The van der Waals surface area contributed by atoms with Gasteiger partial charge >= 0.3 is 0 Å². The first-order valence-electron chi connectivity index (χ1n) is 22.4. The Morgan fingerprint density at radius 1 is 0.227 bits per heavy atom. The molecule has 310 valence electrons. The highest BCUT2D eigenvalue weighted by atomic mass is 16.3. The molecule has 0 spiro atoms. The van der Waals surface area contributed by atoms with Crippen LogP contribution in [0.15, 0.2) is 251 Å². The van der Waals surface area contributed by atoms with Crippen molar-refractivity contribution in [2.75, 3.05) is 9.80 Å². The second-order valence-electron chi connectivity index (χ2n) is 16.9. The summed E-state index contributed by atoms with van der Waals surface area (Å²) in [6.07, 6.45) is 0. The predicted molar refractivity (Wildman–Crippen MR) is 276 cm³/mol. The van der Waals surface area contributed by atoms with E-state index in [2.05, 4.69) is 240 Å². The first kappa shape index (κ1) is 37.7. The number of nitrogens with zero attached hydrogens (tertiary/aromatic N) is 2. The molecule has 4 heteroatoms. The molecule has 0 bridgehead atoms. The third-order valence-electron chi connectivity index (χ3n) is 13.0. The molecule has 0 aliphatic heterocycles. The highest BCUT2D eigenvalue weighted by Crippen LogP contribution is 2.43. The summed E-state index contributed by atoms with van der Waals surface area (Å²) in [5, 5.41) is 9.38. The van der Waals surface area contributed by atoms with Gasteiger partial charge in [0.15, 0.2) is 0 Å². The fraction of sp³-hybridized carbons (Fsp3) is 0. The number of anilines is 6. The fourth-order valence-corrected chi connectivity index (χ4v) is 9.87. The molecule has 11 aromatic carbocycles. The Labute approximate surface area is 381 Å². The van der Waals surface area contributed by atoms with E-state index in [0.29, 0.717) is 0 Å². The van der Waals surface area contributed by atoms with Crippen molar-refractivity contribution < 1.29 is 8.83 Å². The third-order valence-corrected chi connectivity index (χ3v) is 13.0. The van der Waals surface area contributed by atoms with E-state index in [9.17, 15) is 0 Å². The van der Waals surface area contributed by atoms with Gasteiger partial charge in [-0.25, -0.2) is 0 Å². The number of fused-ring (bicyclic) bond motifs is 9. The van der Waals surface area contributed by atoms with E-state index < -0.39 is 0 Å². The molecule has 2 aromatic heterocycles. The van der Waals surface area contributed by atoms with Crippen molar-refractivity contribution in [3.8, 4) is 22.3 Å². The molecule has 0 atom stereocenters. The van der Waals surface area contributed by atoms with Crippen LogP contribution in [0.4, 0.5) is 34.1 Å². The minimum atomic E-state index is 0.863. The highest BCUT2D eigenvalue weighted by molar-refractivity contribution is 6.15. The van der Waals surface area contributed by atoms with Crippen LogP contribution in [-0.2, 0) is 0 Å². The van der Waals surface area contributed by atoms with E-state index in [1.165, 1.54) is 32.7 Å². The number of hydrogen-bond donors (Lipinski definition) is 0. The minimum Gasteiger partial charge on any atom is -0.456 e. The van der Waals surface area contributed by atoms with Gasteiger partial charge in [-0.1, -0.05) is 133 Å². The van der Waals surface area contributed by atoms with Crippen molar-refractivity contribution in [1.29, 1.82) is 0 Å². The SMILES string of the molecule is c1ccc(N(c2ccc(-c3ccc(N(c4ccccc4)c4ccc5oc6ccc(-c7cc8ccccc8c8ccccc78)cc6c5c4)cc3)cc2)c2ccc3oc4ccccc4c3c2)cc1. The lowest BCUT2D eigenvalue weighted by Gasteiger charge is -2.26. The van der Waals surface area contributed by atoms with Gasteiger partial charge in [0.1, 0.15) is 22.3 Å².